The first kappa shape index (κ1) is 15.2. The maximum absolute atomic E-state index is 12.0. The zero-order chi connectivity index (χ0) is 16.1. The first-order valence-corrected chi connectivity index (χ1v) is 7.64. The Labute approximate surface area is 135 Å². The number of carbonyl (C=O) groups is 1. The van der Waals surface area contributed by atoms with E-state index in [2.05, 4.69) is 5.32 Å². The van der Waals surface area contributed by atoms with Crippen molar-refractivity contribution in [1.82, 2.24) is 5.32 Å². The van der Waals surface area contributed by atoms with Gasteiger partial charge in [0.15, 0.2) is 17.6 Å². The van der Waals surface area contributed by atoms with E-state index in [9.17, 15) is 4.79 Å². The molecule has 1 heterocycles. The van der Waals surface area contributed by atoms with Crippen LogP contribution in [-0.2, 0) is 4.79 Å². The first-order valence-electron chi connectivity index (χ1n) is 7.64. The third-order valence-corrected chi connectivity index (χ3v) is 3.68. The van der Waals surface area contributed by atoms with Crippen molar-refractivity contribution < 1.29 is 14.3 Å². The summed E-state index contributed by atoms with van der Waals surface area (Å²) < 4.78 is 11.6. The number of amides is 1. The van der Waals surface area contributed by atoms with Crippen molar-refractivity contribution in [3.8, 4) is 11.5 Å². The molecular formula is C19H19NO3. The van der Waals surface area contributed by atoms with Crippen LogP contribution in [0.4, 0.5) is 0 Å². The maximum Gasteiger partial charge on any atom is 0.244 e. The van der Waals surface area contributed by atoms with Gasteiger partial charge in [-0.2, -0.15) is 0 Å². The average Bonchev–Trinajstić information content (AvgIpc) is 2.60. The highest BCUT2D eigenvalue weighted by Crippen LogP contribution is 2.31. The quantitative estimate of drug-likeness (QED) is 0.883. The summed E-state index contributed by atoms with van der Waals surface area (Å²) in [4.78, 5) is 12.0. The second-order valence-corrected chi connectivity index (χ2v) is 5.46. The van der Waals surface area contributed by atoms with Gasteiger partial charge >= 0.3 is 0 Å². The number of benzene rings is 2. The SMILES string of the molecule is C[C@@H](NC(=O)/C=C/c1ccccc1)[C@H]1COc2ccccc2O1. The molecule has 0 radical (unpaired) electrons. The molecule has 0 unspecified atom stereocenters. The molecule has 118 valence electrons. The maximum atomic E-state index is 12.0. The van der Waals surface area contributed by atoms with E-state index in [4.69, 9.17) is 9.47 Å². The van der Waals surface area contributed by atoms with Crippen LogP contribution < -0.4 is 14.8 Å². The molecule has 4 nitrogen and oxygen atoms in total. The fourth-order valence-corrected chi connectivity index (χ4v) is 2.38. The molecule has 2 atom stereocenters. The van der Waals surface area contributed by atoms with Crippen LogP contribution in [0.15, 0.2) is 60.7 Å². The van der Waals surface area contributed by atoms with E-state index in [1.807, 2.05) is 61.5 Å². The standard InChI is InChI=1S/C19H19NO3/c1-14(18-13-22-16-9-5-6-10-17(16)23-18)20-19(21)12-11-15-7-3-2-4-8-15/h2-12,14,18H,13H2,1H3,(H,20,21)/b12-11+/t14-,18-/m1/s1. The molecule has 1 amide bonds. The fraction of sp³-hybridized carbons (Fsp3) is 0.211. The second kappa shape index (κ2) is 7.01. The third kappa shape index (κ3) is 3.92. The Morgan fingerprint density at radius 2 is 1.83 bits per heavy atom. The summed E-state index contributed by atoms with van der Waals surface area (Å²) in [6, 6.07) is 17.1. The Bertz CT molecular complexity index is 697. The first-order chi connectivity index (χ1) is 11.2. The molecule has 1 aliphatic rings. The van der Waals surface area contributed by atoms with Gasteiger partial charge in [-0.05, 0) is 30.7 Å². The van der Waals surface area contributed by atoms with Crippen molar-refractivity contribution in [2.24, 2.45) is 0 Å². The van der Waals surface area contributed by atoms with Gasteiger partial charge in [-0.3, -0.25) is 4.79 Å². The zero-order valence-electron chi connectivity index (χ0n) is 12.9. The summed E-state index contributed by atoms with van der Waals surface area (Å²) >= 11 is 0. The van der Waals surface area contributed by atoms with Crippen molar-refractivity contribution in [2.45, 2.75) is 19.1 Å². The lowest BCUT2D eigenvalue weighted by molar-refractivity contribution is -0.117. The topological polar surface area (TPSA) is 47.6 Å². The Hall–Kier alpha value is -2.75. The molecule has 2 aromatic rings. The van der Waals surface area contributed by atoms with Gasteiger partial charge in [-0.25, -0.2) is 0 Å². The summed E-state index contributed by atoms with van der Waals surface area (Å²) in [6.07, 6.45) is 3.11. The predicted molar refractivity (Wildman–Crippen MR) is 89.4 cm³/mol. The molecule has 3 rings (SSSR count). The number of hydrogen-bond donors (Lipinski definition) is 1. The molecule has 23 heavy (non-hydrogen) atoms. The third-order valence-electron chi connectivity index (χ3n) is 3.68. The molecule has 0 fully saturated rings. The predicted octanol–water partition coefficient (Wildman–Crippen LogP) is 3.04. The van der Waals surface area contributed by atoms with Gasteiger partial charge in [0.25, 0.3) is 0 Å². The van der Waals surface area contributed by atoms with Crippen LogP contribution in [0.25, 0.3) is 6.08 Å². The summed E-state index contributed by atoms with van der Waals surface area (Å²) in [6.45, 7) is 2.33. The van der Waals surface area contributed by atoms with Crippen LogP contribution in [0.3, 0.4) is 0 Å². The molecular weight excluding hydrogens is 290 g/mol. The minimum atomic E-state index is -0.209. The average molecular weight is 309 g/mol. The Balaban J connectivity index is 1.56. The zero-order valence-corrected chi connectivity index (χ0v) is 12.9. The van der Waals surface area contributed by atoms with E-state index in [0.717, 1.165) is 11.3 Å². The van der Waals surface area contributed by atoms with E-state index in [-0.39, 0.29) is 18.1 Å². The summed E-state index contributed by atoms with van der Waals surface area (Å²) in [5.41, 5.74) is 0.987. The molecule has 0 aliphatic carbocycles. The number of para-hydroxylation sites is 2. The molecule has 1 N–H and O–H groups in total. The van der Waals surface area contributed by atoms with Crippen molar-refractivity contribution in [2.75, 3.05) is 6.61 Å². The second-order valence-electron chi connectivity index (χ2n) is 5.46. The molecule has 0 aromatic heterocycles. The van der Waals surface area contributed by atoms with E-state index in [1.54, 1.807) is 6.08 Å². The van der Waals surface area contributed by atoms with Crippen LogP contribution in [0.5, 0.6) is 11.5 Å². The van der Waals surface area contributed by atoms with Gasteiger partial charge in [0.2, 0.25) is 5.91 Å². The van der Waals surface area contributed by atoms with Gasteiger partial charge in [0.05, 0.1) is 6.04 Å². The number of hydrogen-bond acceptors (Lipinski definition) is 3. The van der Waals surface area contributed by atoms with Crippen LogP contribution >= 0.6 is 0 Å². The molecule has 1 aliphatic heterocycles. The molecule has 2 aromatic carbocycles. The highest BCUT2D eigenvalue weighted by Gasteiger charge is 2.26. The minimum absolute atomic E-state index is 0.149. The van der Waals surface area contributed by atoms with Crippen molar-refractivity contribution in [1.29, 1.82) is 0 Å². The summed E-state index contributed by atoms with van der Waals surface area (Å²) in [7, 11) is 0. The van der Waals surface area contributed by atoms with Gasteiger partial charge in [0.1, 0.15) is 6.61 Å². The van der Waals surface area contributed by atoms with Gasteiger partial charge in [0, 0.05) is 6.08 Å². The number of fused-ring (bicyclic) bond motifs is 1. The number of nitrogens with one attached hydrogen (secondary N) is 1. The lowest BCUT2D eigenvalue weighted by Crippen LogP contribution is -2.47. The number of ether oxygens (including phenoxy) is 2. The lowest BCUT2D eigenvalue weighted by atomic mass is 10.1. The molecule has 0 bridgehead atoms. The van der Waals surface area contributed by atoms with Gasteiger partial charge in [-0.15, -0.1) is 0 Å². The Morgan fingerprint density at radius 3 is 2.61 bits per heavy atom. The van der Waals surface area contributed by atoms with Gasteiger partial charge < -0.3 is 14.8 Å². The van der Waals surface area contributed by atoms with Crippen molar-refractivity contribution in [3.05, 3.63) is 66.2 Å². The van der Waals surface area contributed by atoms with E-state index in [0.29, 0.717) is 12.4 Å². The Kier molecular flexibility index (Phi) is 4.62. The van der Waals surface area contributed by atoms with Crippen molar-refractivity contribution in [3.63, 3.8) is 0 Å². The van der Waals surface area contributed by atoms with Crippen LogP contribution in [0.1, 0.15) is 12.5 Å². The van der Waals surface area contributed by atoms with Crippen LogP contribution in [-0.4, -0.2) is 24.7 Å². The number of rotatable bonds is 4. The summed E-state index contributed by atoms with van der Waals surface area (Å²) in [5.74, 6) is 1.31. The monoisotopic (exact) mass is 309 g/mol. The molecule has 0 saturated carbocycles. The minimum Gasteiger partial charge on any atom is -0.486 e. The molecule has 4 heteroatoms. The van der Waals surface area contributed by atoms with Crippen LogP contribution in [0.2, 0.25) is 0 Å². The van der Waals surface area contributed by atoms with E-state index in [1.165, 1.54) is 6.08 Å². The largest absolute Gasteiger partial charge is 0.486 e. The molecule has 0 saturated heterocycles. The van der Waals surface area contributed by atoms with E-state index < -0.39 is 0 Å². The number of carbonyl (C=O) groups excluding carboxylic acids is 1. The Morgan fingerprint density at radius 1 is 1.13 bits per heavy atom. The lowest BCUT2D eigenvalue weighted by Gasteiger charge is -2.30. The molecule has 0 spiro atoms. The normalized spacial score (nSPS) is 17.7. The summed E-state index contributed by atoms with van der Waals surface area (Å²) in [5, 5.41) is 2.92. The van der Waals surface area contributed by atoms with Gasteiger partial charge in [-0.1, -0.05) is 42.5 Å². The van der Waals surface area contributed by atoms with E-state index >= 15 is 0 Å². The fourth-order valence-electron chi connectivity index (χ4n) is 2.38. The highest BCUT2D eigenvalue weighted by atomic mass is 16.6. The van der Waals surface area contributed by atoms with Crippen molar-refractivity contribution >= 4 is 12.0 Å². The van der Waals surface area contributed by atoms with Crippen LogP contribution in [0, 0.1) is 0 Å². The smallest absolute Gasteiger partial charge is 0.244 e. The highest BCUT2D eigenvalue weighted by molar-refractivity contribution is 5.91.